The lowest BCUT2D eigenvalue weighted by Gasteiger charge is -2.34. The van der Waals surface area contributed by atoms with Gasteiger partial charge in [-0.1, -0.05) is 0 Å². The number of carbonyl (C=O) groups is 2. The lowest BCUT2D eigenvalue weighted by atomic mass is 9.80. The van der Waals surface area contributed by atoms with Gasteiger partial charge in [-0.05, 0) is 44.2 Å². The van der Waals surface area contributed by atoms with Crippen molar-refractivity contribution in [1.82, 2.24) is 5.32 Å². The van der Waals surface area contributed by atoms with E-state index in [0.717, 1.165) is 25.9 Å². The van der Waals surface area contributed by atoms with Crippen molar-refractivity contribution in [2.75, 3.05) is 13.2 Å². The van der Waals surface area contributed by atoms with E-state index >= 15 is 0 Å². The second-order valence-corrected chi connectivity index (χ2v) is 4.93. The summed E-state index contributed by atoms with van der Waals surface area (Å²) in [6, 6.07) is 2.64. The standard InChI is InChI=1S/C14H19NO5/c1-2-19-10-7-9(8-10)5-6-15-13(16)11-3-4-12(20-11)14(17)18/h3-4,9-10H,2,5-8H2,1H3,(H,15,16)(H,17,18). The molecule has 0 unspecified atom stereocenters. The minimum Gasteiger partial charge on any atom is -0.475 e. The molecule has 20 heavy (non-hydrogen) atoms. The molecule has 0 saturated heterocycles. The second kappa shape index (κ2) is 6.56. The molecule has 0 aliphatic heterocycles. The Labute approximate surface area is 117 Å². The first-order valence-electron chi connectivity index (χ1n) is 6.83. The van der Waals surface area contributed by atoms with E-state index in [1.165, 1.54) is 12.1 Å². The van der Waals surface area contributed by atoms with Crippen LogP contribution in [0.4, 0.5) is 0 Å². The molecule has 110 valence electrons. The van der Waals surface area contributed by atoms with Gasteiger partial charge < -0.3 is 19.6 Å². The van der Waals surface area contributed by atoms with E-state index in [1.54, 1.807) is 0 Å². The molecule has 1 fully saturated rings. The van der Waals surface area contributed by atoms with E-state index in [9.17, 15) is 9.59 Å². The number of furan rings is 1. The lowest BCUT2D eigenvalue weighted by molar-refractivity contribution is -0.0261. The zero-order valence-corrected chi connectivity index (χ0v) is 11.4. The minimum absolute atomic E-state index is 0.0307. The smallest absolute Gasteiger partial charge is 0.371 e. The van der Waals surface area contributed by atoms with Crippen LogP contribution in [0, 0.1) is 5.92 Å². The Morgan fingerprint density at radius 1 is 1.40 bits per heavy atom. The maximum absolute atomic E-state index is 11.7. The number of carboxylic acid groups (broad SMARTS) is 1. The number of carbonyl (C=O) groups excluding carboxylic acids is 1. The number of carboxylic acids is 1. The maximum Gasteiger partial charge on any atom is 0.371 e. The predicted molar refractivity (Wildman–Crippen MR) is 70.8 cm³/mol. The summed E-state index contributed by atoms with van der Waals surface area (Å²) in [6.45, 7) is 3.30. The molecule has 1 aliphatic carbocycles. The van der Waals surface area contributed by atoms with Crippen LogP contribution in [-0.2, 0) is 4.74 Å². The largest absolute Gasteiger partial charge is 0.475 e. The third-order valence-corrected chi connectivity index (χ3v) is 3.47. The summed E-state index contributed by atoms with van der Waals surface area (Å²) in [5.41, 5.74) is 0. The Kier molecular flexibility index (Phi) is 4.79. The molecular formula is C14H19NO5. The van der Waals surface area contributed by atoms with Crippen molar-refractivity contribution in [3.63, 3.8) is 0 Å². The average molecular weight is 281 g/mol. The first-order valence-corrected chi connectivity index (χ1v) is 6.83. The van der Waals surface area contributed by atoms with Gasteiger partial charge in [-0.25, -0.2) is 4.79 Å². The summed E-state index contributed by atoms with van der Waals surface area (Å²) in [7, 11) is 0. The molecule has 6 nitrogen and oxygen atoms in total. The van der Waals surface area contributed by atoms with E-state index in [0.29, 0.717) is 18.6 Å². The molecule has 1 saturated carbocycles. The molecule has 0 atom stereocenters. The van der Waals surface area contributed by atoms with Crippen molar-refractivity contribution in [3.05, 3.63) is 23.7 Å². The van der Waals surface area contributed by atoms with Gasteiger partial charge in [0.05, 0.1) is 6.10 Å². The Balaban J connectivity index is 1.67. The molecule has 1 amide bonds. The molecule has 0 radical (unpaired) electrons. The number of ether oxygens (including phenoxy) is 1. The predicted octanol–water partition coefficient (Wildman–Crippen LogP) is 1.91. The number of rotatable bonds is 7. The number of nitrogens with one attached hydrogen (secondary N) is 1. The van der Waals surface area contributed by atoms with E-state index in [1.807, 2.05) is 6.92 Å². The number of hydrogen-bond donors (Lipinski definition) is 2. The fourth-order valence-electron chi connectivity index (χ4n) is 2.33. The quantitative estimate of drug-likeness (QED) is 0.797. The van der Waals surface area contributed by atoms with E-state index < -0.39 is 5.97 Å². The van der Waals surface area contributed by atoms with Gasteiger partial charge in [0.15, 0.2) is 5.76 Å². The van der Waals surface area contributed by atoms with Crippen LogP contribution in [0.1, 0.15) is 47.3 Å². The molecule has 1 heterocycles. The molecule has 1 aromatic rings. The highest BCUT2D eigenvalue weighted by molar-refractivity contribution is 5.93. The highest BCUT2D eigenvalue weighted by Gasteiger charge is 2.29. The van der Waals surface area contributed by atoms with E-state index in [4.69, 9.17) is 14.3 Å². The second-order valence-electron chi connectivity index (χ2n) is 4.93. The summed E-state index contributed by atoms with van der Waals surface area (Å²) in [5, 5.41) is 11.4. The van der Waals surface area contributed by atoms with Crippen LogP contribution in [0.25, 0.3) is 0 Å². The van der Waals surface area contributed by atoms with Gasteiger partial charge in [-0.15, -0.1) is 0 Å². The van der Waals surface area contributed by atoms with Crippen LogP contribution < -0.4 is 5.32 Å². The van der Waals surface area contributed by atoms with Gasteiger partial charge in [0.25, 0.3) is 5.91 Å². The fraction of sp³-hybridized carbons (Fsp3) is 0.571. The van der Waals surface area contributed by atoms with E-state index in [-0.39, 0.29) is 17.4 Å². The monoisotopic (exact) mass is 281 g/mol. The fourth-order valence-corrected chi connectivity index (χ4v) is 2.33. The normalized spacial score (nSPS) is 21.2. The summed E-state index contributed by atoms with van der Waals surface area (Å²) >= 11 is 0. The average Bonchev–Trinajstić information content (AvgIpc) is 2.85. The third kappa shape index (κ3) is 3.60. The number of aromatic carboxylic acids is 1. The molecule has 2 N–H and O–H groups in total. The Morgan fingerprint density at radius 3 is 2.70 bits per heavy atom. The SMILES string of the molecule is CCOC1CC(CCNC(=O)c2ccc(C(=O)O)o2)C1. The zero-order valence-electron chi connectivity index (χ0n) is 11.4. The Morgan fingerprint density at radius 2 is 2.10 bits per heavy atom. The maximum atomic E-state index is 11.7. The minimum atomic E-state index is -1.18. The molecule has 1 aromatic heterocycles. The topological polar surface area (TPSA) is 88.8 Å². The highest BCUT2D eigenvalue weighted by Crippen LogP contribution is 2.32. The van der Waals surface area contributed by atoms with Gasteiger partial charge in [-0.3, -0.25) is 4.79 Å². The molecule has 0 spiro atoms. The summed E-state index contributed by atoms with van der Waals surface area (Å²) in [6.07, 6.45) is 3.38. The van der Waals surface area contributed by atoms with Crippen LogP contribution in [0.3, 0.4) is 0 Å². The molecular weight excluding hydrogens is 262 g/mol. The number of amides is 1. The van der Waals surface area contributed by atoms with Crippen molar-refractivity contribution in [1.29, 1.82) is 0 Å². The van der Waals surface area contributed by atoms with Crippen molar-refractivity contribution in [2.45, 2.75) is 32.3 Å². The summed E-state index contributed by atoms with van der Waals surface area (Å²) in [4.78, 5) is 22.3. The van der Waals surface area contributed by atoms with Crippen LogP contribution in [0.15, 0.2) is 16.5 Å². The van der Waals surface area contributed by atoms with Crippen molar-refractivity contribution < 1.29 is 23.8 Å². The van der Waals surface area contributed by atoms with Gasteiger partial charge in [0, 0.05) is 13.2 Å². The Bertz CT molecular complexity index is 476. The molecule has 2 rings (SSSR count). The Hall–Kier alpha value is -1.82. The van der Waals surface area contributed by atoms with E-state index in [2.05, 4.69) is 5.32 Å². The van der Waals surface area contributed by atoms with Gasteiger partial charge in [0.2, 0.25) is 5.76 Å². The summed E-state index contributed by atoms with van der Waals surface area (Å²) < 4.78 is 10.4. The van der Waals surface area contributed by atoms with Gasteiger partial charge in [0.1, 0.15) is 0 Å². The van der Waals surface area contributed by atoms with Crippen LogP contribution >= 0.6 is 0 Å². The lowest BCUT2D eigenvalue weighted by Crippen LogP contribution is -2.34. The molecule has 1 aliphatic rings. The first kappa shape index (κ1) is 14.6. The van der Waals surface area contributed by atoms with Crippen LogP contribution in [-0.4, -0.2) is 36.2 Å². The first-order chi connectivity index (χ1) is 9.60. The molecule has 0 aromatic carbocycles. The third-order valence-electron chi connectivity index (χ3n) is 3.47. The van der Waals surface area contributed by atoms with Crippen molar-refractivity contribution in [3.8, 4) is 0 Å². The van der Waals surface area contributed by atoms with Gasteiger partial charge in [-0.2, -0.15) is 0 Å². The van der Waals surface area contributed by atoms with Crippen molar-refractivity contribution >= 4 is 11.9 Å². The van der Waals surface area contributed by atoms with Crippen LogP contribution in [0.5, 0.6) is 0 Å². The zero-order chi connectivity index (χ0) is 14.5. The molecule has 0 bridgehead atoms. The number of hydrogen-bond acceptors (Lipinski definition) is 4. The van der Waals surface area contributed by atoms with Gasteiger partial charge >= 0.3 is 5.97 Å². The molecule has 6 heteroatoms. The summed E-state index contributed by atoms with van der Waals surface area (Å²) in [5.74, 6) is -1.16. The highest BCUT2D eigenvalue weighted by atomic mass is 16.5. The van der Waals surface area contributed by atoms with Crippen LogP contribution in [0.2, 0.25) is 0 Å². The van der Waals surface area contributed by atoms with Crippen molar-refractivity contribution in [2.24, 2.45) is 5.92 Å².